The van der Waals surface area contributed by atoms with Crippen molar-refractivity contribution in [1.29, 1.82) is 0 Å². The molecule has 0 aromatic heterocycles. The third-order valence-electron chi connectivity index (χ3n) is 4.15. The standard InChI is InChI=1S/C21H23ClN2O4/c1-12(2)9-18(21(27)28)24-20(26)15-8-7-13(3)17(11-15)23-19(25)14-5-4-6-16(22)10-14/h4-8,10-12,18H,9H2,1-3H3,(H,23,25)(H,24,26)(H,27,28). The van der Waals surface area contributed by atoms with Gasteiger partial charge in [0.25, 0.3) is 11.8 Å². The number of carboxylic acids is 1. The molecule has 28 heavy (non-hydrogen) atoms. The van der Waals surface area contributed by atoms with E-state index in [4.69, 9.17) is 11.6 Å². The third-order valence-corrected chi connectivity index (χ3v) is 4.38. The predicted molar refractivity (Wildman–Crippen MR) is 109 cm³/mol. The first-order valence-electron chi connectivity index (χ1n) is 8.88. The van der Waals surface area contributed by atoms with E-state index in [0.29, 0.717) is 22.7 Å². The Balaban J connectivity index is 2.18. The Morgan fingerprint density at radius 2 is 1.71 bits per heavy atom. The second-order valence-electron chi connectivity index (χ2n) is 6.99. The molecule has 0 aliphatic carbocycles. The SMILES string of the molecule is Cc1ccc(C(=O)NC(CC(C)C)C(=O)O)cc1NC(=O)c1cccc(Cl)c1. The summed E-state index contributed by atoms with van der Waals surface area (Å²) in [6.45, 7) is 5.57. The highest BCUT2D eigenvalue weighted by Crippen LogP contribution is 2.19. The fraction of sp³-hybridized carbons (Fsp3) is 0.286. The van der Waals surface area contributed by atoms with Crippen LogP contribution in [0.1, 0.15) is 46.5 Å². The highest BCUT2D eigenvalue weighted by molar-refractivity contribution is 6.31. The van der Waals surface area contributed by atoms with Crippen LogP contribution in [0.2, 0.25) is 5.02 Å². The lowest BCUT2D eigenvalue weighted by Gasteiger charge is -2.17. The van der Waals surface area contributed by atoms with Gasteiger partial charge in [-0.2, -0.15) is 0 Å². The quantitative estimate of drug-likeness (QED) is 0.648. The van der Waals surface area contributed by atoms with Crippen molar-refractivity contribution >= 4 is 35.1 Å². The molecule has 3 N–H and O–H groups in total. The maximum atomic E-state index is 12.5. The molecule has 0 radical (unpaired) electrons. The van der Waals surface area contributed by atoms with Gasteiger partial charge in [0.05, 0.1) is 0 Å². The second-order valence-corrected chi connectivity index (χ2v) is 7.42. The first kappa shape index (κ1) is 21.4. The number of hydrogen-bond donors (Lipinski definition) is 3. The molecule has 0 saturated carbocycles. The number of aliphatic carboxylic acids is 1. The molecule has 1 atom stereocenters. The van der Waals surface area contributed by atoms with E-state index >= 15 is 0 Å². The largest absolute Gasteiger partial charge is 0.480 e. The lowest BCUT2D eigenvalue weighted by Crippen LogP contribution is -2.41. The van der Waals surface area contributed by atoms with Crippen molar-refractivity contribution in [3.8, 4) is 0 Å². The van der Waals surface area contributed by atoms with Crippen molar-refractivity contribution in [2.45, 2.75) is 33.2 Å². The number of nitrogens with one attached hydrogen (secondary N) is 2. The summed E-state index contributed by atoms with van der Waals surface area (Å²) in [4.78, 5) is 36.3. The van der Waals surface area contributed by atoms with Crippen LogP contribution in [-0.4, -0.2) is 28.9 Å². The van der Waals surface area contributed by atoms with Gasteiger partial charge in [-0.05, 0) is 55.2 Å². The predicted octanol–water partition coefficient (Wildman–Crippen LogP) is 4.13. The Hall–Kier alpha value is -2.86. The van der Waals surface area contributed by atoms with E-state index in [1.54, 1.807) is 43.3 Å². The third kappa shape index (κ3) is 5.82. The Morgan fingerprint density at radius 1 is 1.04 bits per heavy atom. The minimum absolute atomic E-state index is 0.118. The first-order valence-corrected chi connectivity index (χ1v) is 9.26. The highest BCUT2D eigenvalue weighted by atomic mass is 35.5. The van der Waals surface area contributed by atoms with Crippen LogP contribution in [0.4, 0.5) is 5.69 Å². The average molecular weight is 403 g/mol. The summed E-state index contributed by atoms with van der Waals surface area (Å²) < 4.78 is 0. The number of carboxylic acid groups (broad SMARTS) is 1. The normalized spacial score (nSPS) is 11.8. The Bertz CT molecular complexity index is 896. The number of carbonyl (C=O) groups excluding carboxylic acids is 2. The van der Waals surface area contributed by atoms with Gasteiger partial charge >= 0.3 is 5.97 Å². The molecule has 6 nitrogen and oxygen atoms in total. The van der Waals surface area contributed by atoms with Gasteiger partial charge in [-0.1, -0.05) is 37.6 Å². The molecule has 2 aromatic carbocycles. The number of hydrogen-bond acceptors (Lipinski definition) is 3. The van der Waals surface area contributed by atoms with E-state index in [2.05, 4.69) is 10.6 Å². The Morgan fingerprint density at radius 3 is 2.32 bits per heavy atom. The van der Waals surface area contributed by atoms with Gasteiger partial charge in [0.1, 0.15) is 6.04 Å². The molecule has 0 spiro atoms. The number of rotatable bonds is 7. The van der Waals surface area contributed by atoms with Crippen molar-refractivity contribution in [3.05, 3.63) is 64.2 Å². The summed E-state index contributed by atoms with van der Waals surface area (Å²) in [7, 11) is 0. The number of benzene rings is 2. The Kier molecular flexibility index (Phi) is 7.18. The zero-order valence-electron chi connectivity index (χ0n) is 16.0. The van der Waals surface area contributed by atoms with E-state index in [0.717, 1.165) is 5.56 Å². The van der Waals surface area contributed by atoms with Gasteiger partial charge in [0.2, 0.25) is 0 Å². The highest BCUT2D eigenvalue weighted by Gasteiger charge is 2.22. The van der Waals surface area contributed by atoms with Crippen molar-refractivity contribution in [3.63, 3.8) is 0 Å². The van der Waals surface area contributed by atoms with Crippen molar-refractivity contribution < 1.29 is 19.5 Å². The molecular formula is C21H23ClN2O4. The minimum atomic E-state index is -1.08. The van der Waals surface area contributed by atoms with Crippen LogP contribution in [0.3, 0.4) is 0 Å². The molecule has 148 valence electrons. The summed E-state index contributed by atoms with van der Waals surface area (Å²) in [6.07, 6.45) is 0.325. The summed E-state index contributed by atoms with van der Waals surface area (Å²) in [5, 5.41) is 15.0. The maximum Gasteiger partial charge on any atom is 0.326 e. The summed E-state index contributed by atoms with van der Waals surface area (Å²) in [5.74, 6) is -1.83. The number of anilines is 1. The molecule has 0 saturated heterocycles. The van der Waals surface area contributed by atoms with Crippen molar-refractivity contribution in [1.82, 2.24) is 5.32 Å². The molecule has 0 bridgehead atoms. The van der Waals surface area contributed by atoms with Crippen LogP contribution in [0.5, 0.6) is 0 Å². The molecule has 0 fully saturated rings. The van der Waals surface area contributed by atoms with Crippen LogP contribution in [-0.2, 0) is 4.79 Å². The molecule has 2 rings (SSSR count). The van der Waals surface area contributed by atoms with Gasteiger partial charge < -0.3 is 15.7 Å². The van der Waals surface area contributed by atoms with Crippen LogP contribution in [0.15, 0.2) is 42.5 Å². The van der Waals surface area contributed by atoms with Gasteiger partial charge in [0.15, 0.2) is 0 Å². The molecule has 0 aliphatic rings. The second kappa shape index (κ2) is 9.37. The topological polar surface area (TPSA) is 95.5 Å². The number of carbonyl (C=O) groups is 3. The van der Waals surface area contributed by atoms with Gasteiger partial charge in [-0.25, -0.2) is 4.79 Å². The summed E-state index contributed by atoms with van der Waals surface area (Å²) in [6, 6.07) is 10.4. The van der Waals surface area contributed by atoms with Gasteiger partial charge in [-0.15, -0.1) is 0 Å². The zero-order valence-corrected chi connectivity index (χ0v) is 16.7. The molecule has 0 aliphatic heterocycles. The zero-order chi connectivity index (χ0) is 20.8. The van der Waals surface area contributed by atoms with E-state index in [1.807, 2.05) is 13.8 Å². The average Bonchev–Trinajstić information content (AvgIpc) is 2.62. The van der Waals surface area contributed by atoms with E-state index in [1.165, 1.54) is 6.07 Å². The number of amides is 2. The number of halogens is 1. The Labute approximate surface area is 168 Å². The summed E-state index contributed by atoms with van der Waals surface area (Å²) in [5.41, 5.74) is 1.89. The van der Waals surface area contributed by atoms with E-state index in [9.17, 15) is 19.5 Å². The van der Waals surface area contributed by atoms with Crippen molar-refractivity contribution in [2.24, 2.45) is 5.92 Å². The van der Waals surface area contributed by atoms with Crippen molar-refractivity contribution in [2.75, 3.05) is 5.32 Å². The van der Waals surface area contributed by atoms with E-state index < -0.39 is 17.9 Å². The lowest BCUT2D eigenvalue weighted by atomic mass is 10.0. The first-order chi connectivity index (χ1) is 13.2. The van der Waals surface area contributed by atoms with Crippen LogP contribution >= 0.6 is 11.6 Å². The van der Waals surface area contributed by atoms with Crippen LogP contribution in [0.25, 0.3) is 0 Å². The molecule has 1 unspecified atom stereocenters. The number of aryl methyl sites for hydroxylation is 1. The fourth-order valence-electron chi connectivity index (χ4n) is 2.66. The monoisotopic (exact) mass is 402 g/mol. The van der Waals surface area contributed by atoms with Crippen LogP contribution in [0, 0.1) is 12.8 Å². The van der Waals surface area contributed by atoms with E-state index in [-0.39, 0.29) is 17.4 Å². The molecule has 2 aromatic rings. The molecule has 7 heteroatoms. The molecular weight excluding hydrogens is 380 g/mol. The molecule has 2 amide bonds. The van der Waals surface area contributed by atoms with Gasteiger partial charge in [0, 0.05) is 21.8 Å². The fourth-order valence-corrected chi connectivity index (χ4v) is 2.85. The summed E-state index contributed by atoms with van der Waals surface area (Å²) >= 11 is 5.92. The lowest BCUT2D eigenvalue weighted by molar-refractivity contribution is -0.139. The van der Waals surface area contributed by atoms with Gasteiger partial charge in [-0.3, -0.25) is 9.59 Å². The maximum absolute atomic E-state index is 12.5. The molecule has 0 heterocycles. The smallest absolute Gasteiger partial charge is 0.326 e. The minimum Gasteiger partial charge on any atom is -0.480 e. The van der Waals surface area contributed by atoms with Crippen LogP contribution < -0.4 is 10.6 Å².